The van der Waals surface area contributed by atoms with Crippen LogP contribution in [0.15, 0.2) is 18.2 Å². The van der Waals surface area contributed by atoms with Gasteiger partial charge in [0, 0.05) is 26.2 Å². The van der Waals surface area contributed by atoms with Gasteiger partial charge in [0.2, 0.25) is 0 Å². The molecule has 3 nitrogen and oxygen atoms in total. The predicted molar refractivity (Wildman–Crippen MR) is 78.1 cm³/mol. The fourth-order valence-electron chi connectivity index (χ4n) is 2.50. The number of rotatable bonds is 4. The van der Waals surface area contributed by atoms with Crippen molar-refractivity contribution < 1.29 is 9.13 Å². The Balaban J connectivity index is 0.00000180. The maximum Gasteiger partial charge on any atom is 0.121 e. The molecule has 1 saturated heterocycles. The highest BCUT2D eigenvalue weighted by atomic mass is 35.5. The van der Waals surface area contributed by atoms with Crippen molar-refractivity contribution in [1.82, 2.24) is 10.2 Å². The number of methoxy groups -OCH3 is 1. The van der Waals surface area contributed by atoms with Gasteiger partial charge in [-0.2, -0.15) is 0 Å². The van der Waals surface area contributed by atoms with Crippen molar-refractivity contribution in [2.75, 3.05) is 40.0 Å². The Morgan fingerprint density at radius 3 is 2.58 bits per heavy atom. The highest BCUT2D eigenvalue weighted by molar-refractivity contribution is 5.85. The molecule has 1 aliphatic heterocycles. The van der Waals surface area contributed by atoms with Gasteiger partial charge in [0.25, 0.3) is 0 Å². The highest BCUT2D eigenvalue weighted by Gasteiger charge is 2.22. The SMILES string of the molecule is COc1ccc([C@H](CF)N2CCNCC2)cc1C.Cl. The van der Waals surface area contributed by atoms with Crippen LogP contribution >= 0.6 is 12.4 Å². The van der Waals surface area contributed by atoms with E-state index < -0.39 is 0 Å². The van der Waals surface area contributed by atoms with Gasteiger partial charge >= 0.3 is 0 Å². The van der Waals surface area contributed by atoms with Crippen LogP contribution in [0.1, 0.15) is 17.2 Å². The van der Waals surface area contributed by atoms with Crippen molar-refractivity contribution >= 4 is 12.4 Å². The van der Waals surface area contributed by atoms with Crippen LogP contribution in [0.3, 0.4) is 0 Å². The summed E-state index contributed by atoms with van der Waals surface area (Å²) < 4.78 is 18.6. The average Bonchev–Trinajstić information content (AvgIpc) is 2.41. The van der Waals surface area contributed by atoms with Crippen molar-refractivity contribution in [1.29, 1.82) is 0 Å². The summed E-state index contributed by atoms with van der Waals surface area (Å²) in [6.07, 6.45) is 0. The largest absolute Gasteiger partial charge is 0.496 e. The lowest BCUT2D eigenvalue weighted by atomic mass is 10.0. The zero-order valence-corrected chi connectivity index (χ0v) is 12.3. The maximum absolute atomic E-state index is 13.3. The topological polar surface area (TPSA) is 24.5 Å². The second-order valence-corrected chi connectivity index (χ2v) is 4.69. The van der Waals surface area contributed by atoms with E-state index in [4.69, 9.17) is 4.74 Å². The van der Waals surface area contributed by atoms with Gasteiger partial charge in [-0.05, 0) is 24.1 Å². The quantitative estimate of drug-likeness (QED) is 0.920. The van der Waals surface area contributed by atoms with E-state index in [9.17, 15) is 4.39 Å². The van der Waals surface area contributed by atoms with Crippen molar-refractivity contribution in [3.8, 4) is 5.75 Å². The molecule has 1 N–H and O–H groups in total. The minimum absolute atomic E-state index is 0. The summed E-state index contributed by atoms with van der Waals surface area (Å²) in [6.45, 7) is 5.33. The van der Waals surface area contributed by atoms with Gasteiger partial charge in [0.1, 0.15) is 12.4 Å². The number of halogens is 2. The summed E-state index contributed by atoms with van der Waals surface area (Å²) >= 11 is 0. The fourth-order valence-corrected chi connectivity index (χ4v) is 2.50. The summed E-state index contributed by atoms with van der Waals surface area (Å²) in [5, 5.41) is 3.29. The molecule has 0 unspecified atom stereocenters. The summed E-state index contributed by atoms with van der Waals surface area (Å²) in [7, 11) is 1.66. The molecule has 1 fully saturated rings. The lowest BCUT2D eigenvalue weighted by Gasteiger charge is -2.33. The first-order valence-electron chi connectivity index (χ1n) is 6.41. The third kappa shape index (κ3) is 3.81. The number of nitrogens with one attached hydrogen (secondary N) is 1. The molecule has 1 aromatic carbocycles. The number of ether oxygens (including phenoxy) is 1. The van der Waals surface area contributed by atoms with Gasteiger partial charge in [-0.15, -0.1) is 12.4 Å². The maximum atomic E-state index is 13.3. The number of hydrogen-bond acceptors (Lipinski definition) is 3. The van der Waals surface area contributed by atoms with E-state index in [0.717, 1.165) is 43.1 Å². The van der Waals surface area contributed by atoms with Gasteiger partial charge in [-0.3, -0.25) is 4.90 Å². The molecule has 5 heteroatoms. The van der Waals surface area contributed by atoms with Gasteiger partial charge in [-0.25, -0.2) is 4.39 Å². The van der Waals surface area contributed by atoms with Crippen molar-refractivity contribution in [2.45, 2.75) is 13.0 Å². The van der Waals surface area contributed by atoms with Crippen LogP contribution < -0.4 is 10.1 Å². The van der Waals surface area contributed by atoms with E-state index in [0.29, 0.717) is 0 Å². The zero-order chi connectivity index (χ0) is 13.0. The molecule has 1 atom stereocenters. The first-order valence-corrected chi connectivity index (χ1v) is 6.41. The molecular formula is C14H22ClFN2O. The fraction of sp³-hybridized carbons (Fsp3) is 0.571. The van der Waals surface area contributed by atoms with Crippen LogP contribution in [0.2, 0.25) is 0 Å². The number of hydrogen-bond donors (Lipinski definition) is 1. The first-order chi connectivity index (χ1) is 8.76. The lowest BCUT2D eigenvalue weighted by Crippen LogP contribution is -2.45. The van der Waals surface area contributed by atoms with Crippen LogP contribution in [-0.4, -0.2) is 44.9 Å². The van der Waals surface area contributed by atoms with Crippen LogP contribution in [0.4, 0.5) is 4.39 Å². The van der Waals surface area contributed by atoms with Crippen molar-refractivity contribution in [2.24, 2.45) is 0 Å². The monoisotopic (exact) mass is 288 g/mol. The van der Waals surface area contributed by atoms with Gasteiger partial charge < -0.3 is 10.1 Å². The number of aryl methyl sites for hydroxylation is 1. The number of benzene rings is 1. The second kappa shape index (κ2) is 7.68. The van der Waals surface area contributed by atoms with Crippen LogP contribution in [0.25, 0.3) is 0 Å². The van der Waals surface area contributed by atoms with Crippen molar-refractivity contribution in [3.05, 3.63) is 29.3 Å². The third-order valence-corrected chi connectivity index (χ3v) is 3.54. The Morgan fingerprint density at radius 2 is 2.05 bits per heavy atom. The number of alkyl halides is 1. The molecular weight excluding hydrogens is 267 g/mol. The van der Waals surface area contributed by atoms with Gasteiger partial charge in [0.15, 0.2) is 0 Å². The highest BCUT2D eigenvalue weighted by Crippen LogP contribution is 2.26. The van der Waals surface area contributed by atoms with Gasteiger partial charge in [-0.1, -0.05) is 12.1 Å². The van der Waals surface area contributed by atoms with E-state index in [-0.39, 0.29) is 25.1 Å². The third-order valence-electron chi connectivity index (χ3n) is 3.54. The Hall–Kier alpha value is -0.840. The molecule has 0 radical (unpaired) electrons. The van der Waals surface area contributed by atoms with E-state index >= 15 is 0 Å². The second-order valence-electron chi connectivity index (χ2n) is 4.69. The molecule has 2 rings (SSSR count). The lowest BCUT2D eigenvalue weighted by molar-refractivity contribution is 0.147. The molecule has 1 aliphatic rings. The molecule has 0 aliphatic carbocycles. The first kappa shape index (κ1) is 16.2. The summed E-state index contributed by atoms with van der Waals surface area (Å²) in [5.74, 6) is 0.858. The minimum Gasteiger partial charge on any atom is -0.496 e. The van der Waals surface area contributed by atoms with E-state index in [2.05, 4.69) is 10.2 Å². The molecule has 0 amide bonds. The van der Waals surface area contributed by atoms with Gasteiger partial charge in [0.05, 0.1) is 13.2 Å². The van der Waals surface area contributed by atoms with Crippen LogP contribution in [0.5, 0.6) is 5.75 Å². The van der Waals surface area contributed by atoms with E-state index in [1.807, 2.05) is 25.1 Å². The molecule has 108 valence electrons. The molecule has 0 bridgehead atoms. The Bertz CT molecular complexity index is 397. The Kier molecular flexibility index (Phi) is 6.55. The van der Waals surface area contributed by atoms with Crippen LogP contribution in [0, 0.1) is 6.92 Å². The molecule has 1 aromatic rings. The van der Waals surface area contributed by atoms with Crippen molar-refractivity contribution in [3.63, 3.8) is 0 Å². The summed E-state index contributed by atoms with van der Waals surface area (Å²) in [6, 6.07) is 5.80. The standard InChI is InChI=1S/C14H21FN2O.ClH/c1-11-9-12(3-4-14(11)18-2)13(10-15)17-7-5-16-6-8-17;/h3-4,9,13,16H,5-8,10H2,1-2H3;1H/t13-;/m0./s1. The average molecular weight is 289 g/mol. The van der Waals surface area contributed by atoms with E-state index in [1.54, 1.807) is 7.11 Å². The van der Waals surface area contributed by atoms with Crippen LogP contribution in [-0.2, 0) is 0 Å². The van der Waals surface area contributed by atoms with E-state index in [1.165, 1.54) is 0 Å². The number of nitrogens with zero attached hydrogens (tertiary/aromatic N) is 1. The summed E-state index contributed by atoms with van der Waals surface area (Å²) in [5.41, 5.74) is 2.10. The zero-order valence-electron chi connectivity index (χ0n) is 11.5. The normalized spacial score (nSPS) is 17.6. The number of piperazine rings is 1. The Morgan fingerprint density at radius 1 is 1.37 bits per heavy atom. The smallest absolute Gasteiger partial charge is 0.121 e. The molecule has 19 heavy (non-hydrogen) atoms. The minimum atomic E-state index is -0.341. The molecule has 0 saturated carbocycles. The summed E-state index contributed by atoms with van der Waals surface area (Å²) in [4.78, 5) is 2.21. The molecule has 0 spiro atoms. The molecule has 0 aromatic heterocycles. The Labute approximate surface area is 120 Å². The molecule has 1 heterocycles. The predicted octanol–water partition coefficient (Wildman–Crippen LogP) is 2.34.